The molecule has 1 aliphatic rings. The highest BCUT2D eigenvalue weighted by Gasteiger charge is 2.05. The first kappa shape index (κ1) is 13.4. The zero-order chi connectivity index (χ0) is 12.8. The summed E-state index contributed by atoms with van der Waals surface area (Å²) >= 11 is 0. The summed E-state index contributed by atoms with van der Waals surface area (Å²) < 4.78 is 0. The van der Waals surface area contributed by atoms with Gasteiger partial charge in [0.1, 0.15) is 0 Å². The van der Waals surface area contributed by atoms with Crippen LogP contribution in [0, 0.1) is 0 Å². The maximum Gasteiger partial charge on any atom is 0.0207 e. The van der Waals surface area contributed by atoms with Crippen molar-refractivity contribution in [1.29, 1.82) is 0 Å². The monoisotopic (exact) mass is 243 g/mol. The van der Waals surface area contributed by atoms with Gasteiger partial charge in [-0.15, -0.1) is 0 Å². The minimum Gasteiger partial charge on any atom is -0.310 e. The van der Waals surface area contributed by atoms with Crippen molar-refractivity contribution < 1.29 is 0 Å². The summed E-state index contributed by atoms with van der Waals surface area (Å²) in [6.45, 7) is 5.34. The zero-order valence-corrected chi connectivity index (χ0v) is 11.7. The quantitative estimate of drug-likeness (QED) is 0.819. The van der Waals surface area contributed by atoms with E-state index < -0.39 is 0 Å². The minimum absolute atomic E-state index is 0.550. The molecule has 1 N–H and O–H groups in total. The number of nitrogens with one attached hydrogen (secondary N) is 1. The Balaban J connectivity index is 2.00. The van der Waals surface area contributed by atoms with Gasteiger partial charge in [0.15, 0.2) is 0 Å². The lowest BCUT2D eigenvalue weighted by Gasteiger charge is -2.10. The Bertz CT molecular complexity index is 387. The first-order chi connectivity index (χ1) is 8.75. The van der Waals surface area contributed by atoms with Gasteiger partial charge in [0.05, 0.1) is 0 Å². The SMILES string of the molecule is CC(C)NCc1ccc(C2=CCCCCC2)cc1. The van der Waals surface area contributed by atoms with E-state index in [1.807, 2.05) is 0 Å². The summed E-state index contributed by atoms with van der Waals surface area (Å²) in [5.41, 5.74) is 4.35. The van der Waals surface area contributed by atoms with E-state index in [2.05, 4.69) is 49.5 Å². The van der Waals surface area contributed by atoms with Crippen molar-refractivity contribution in [2.75, 3.05) is 0 Å². The van der Waals surface area contributed by atoms with E-state index >= 15 is 0 Å². The van der Waals surface area contributed by atoms with E-state index in [4.69, 9.17) is 0 Å². The molecule has 0 spiro atoms. The molecule has 18 heavy (non-hydrogen) atoms. The molecule has 0 aliphatic heterocycles. The van der Waals surface area contributed by atoms with Gasteiger partial charge in [-0.1, -0.05) is 50.6 Å². The van der Waals surface area contributed by atoms with Crippen LogP contribution in [0.5, 0.6) is 0 Å². The van der Waals surface area contributed by atoms with Crippen molar-refractivity contribution in [3.8, 4) is 0 Å². The van der Waals surface area contributed by atoms with E-state index in [0.29, 0.717) is 6.04 Å². The van der Waals surface area contributed by atoms with Crippen LogP contribution in [0.4, 0.5) is 0 Å². The highest BCUT2D eigenvalue weighted by atomic mass is 14.9. The Morgan fingerprint density at radius 2 is 1.83 bits per heavy atom. The second-order valence-corrected chi connectivity index (χ2v) is 5.56. The fourth-order valence-corrected chi connectivity index (χ4v) is 2.44. The molecule has 0 heterocycles. The lowest BCUT2D eigenvalue weighted by molar-refractivity contribution is 0.589. The van der Waals surface area contributed by atoms with Crippen LogP contribution in [0.3, 0.4) is 0 Å². The van der Waals surface area contributed by atoms with Gasteiger partial charge in [-0.2, -0.15) is 0 Å². The smallest absolute Gasteiger partial charge is 0.0207 e. The molecule has 98 valence electrons. The fourth-order valence-electron chi connectivity index (χ4n) is 2.44. The highest BCUT2D eigenvalue weighted by molar-refractivity contribution is 5.65. The Hall–Kier alpha value is -1.08. The van der Waals surface area contributed by atoms with Gasteiger partial charge < -0.3 is 5.32 Å². The molecule has 0 saturated heterocycles. The van der Waals surface area contributed by atoms with Crippen LogP contribution in [0.2, 0.25) is 0 Å². The van der Waals surface area contributed by atoms with Crippen LogP contribution in [0.25, 0.3) is 5.57 Å². The summed E-state index contributed by atoms with van der Waals surface area (Å²) in [4.78, 5) is 0. The van der Waals surface area contributed by atoms with Crippen molar-refractivity contribution in [1.82, 2.24) is 5.32 Å². The predicted octanol–water partition coefficient (Wildman–Crippen LogP) is 4.53. The molecule has 0 atom stereocenters. The summed E-state index contributed by atoms with van der Waals surface area (Å²) in [5, 5.41) is 3.46. The largest absolute Gasteiger partial charge is 0.310 e. The third kappa shape index (κ3) is 3.99. The molecule has 1 aromatic rings. The molecule has 1 aromatic carbocycles. The number of hydrogen-bond donors (Lipinski definition) is 1. The average Bonchev–Trinajstić information content (AvgIpc) is 2.66. The predicted molar refractivity (Wildman–Crippen MR) is 79.5 cm³/mol. The standard InChI is InChI=1S/C17H25N/c1-14(2)18-13-15-9-11-17(12-10-15)16-7-5-3-4-6-8-16/h7,9-12,14,18H,3-6,8,13H2,1-2H3. The number of allylic oxidation sites excluding steroid dienone is 2. The van der Waals surface area contributed by atoms with Crippen LogP contribution < -0.4 is 5.32 Å². The van der Waals surface area contributed by atoms with E-state index in [-0.39, 0.29) is 0 Å². The maximum absolute atomic E-state index is 3.46. The van der Waals surface area contributed by atoms with Crippen molar-refractivity contribution >= 4 is 5.57 Å². The van der Waals surface area contributed by atoms with Crippen LogP contribution >= 0.6 is 0 Å². The van der Waals surface area contributed by atoms with Crippen LogP contribution in [-0.4, -0.2) is 6.04 Å². The second-order valence-electron chi connectivity index (χ2n) is 5.56. The Labute approximate surface area is 111 Å². The van der Waals surface area contributed by atoms with E-state index in [9.17, 15) is 0 Å². The number of benzene rings is 1. The second kappa shape index (κ2) is 6.75. The third-order valence-corrected chi connectivity index (χ3v) is 3.58. The summed E-state index contributed by atoms with van der Waals surface area (Å²) in [7, 11) is 0. The maximum atomic E-state index is 3.46. The van der Waals surface area contributed by atoms with Crippen molar-refractivity contribution in [3.05, 3.63) is 41.5 Å². The van der Waals surface area contributed by atoms with Crippen molar-refractivity contribution in [2.24, 2.45) is 0 Å². The molecule has 1 nitrogen and oxygen atoms in total. The molecule has 2 rings (SSSR count). The first-order valence-corrected chi connectivity index (χ1v) is 7.27. The van der Waals surface area contributed by atoms with Gasteiger partial charge in [-0.3, -0.25) is 0 Å². The van der Waals surface area contributed by atoms with Crippen molar-refractivity contribution in [3.63, 3.8) is 0 Å². The lowest BCUT2D eigenvalue weighted by Crippen LogP contribution is -2.21. The minimum atomic E-state index is 0.550. The van der Waals surface area contributed by atoms with Gasteiger partial charge in [0.2, 0.25) is 0 Å². The van der Waals surface area contributed by atoms with Gasteiger partial charge in [0.25, 0.3) is 0 Å². The molecule has 0 radical (unpaired) electrons. The Morgan fingerprint density at radius 1 is 1.06 bits per heavy atom. The molecule has 0 saturated carbocycles. The Morgan fingerprint density at radius 3 is 2.56 bits per heavy atom. The molecule has 0 unspecified atom stereocenters. The summed E-state index contributed by atoms with van der Waals surface area (Å²) in [6.07, 6.45) is 9.04. The lowest BCUT2D eigenvalue weighted by atomic mass is 10.00. The molecular weight excluding hydrogens is 218 g/mol. The summed E-state index contributed by atoms with van der Waals surface area (Å²) in [6, 6.07) is 9.64. The van der Waals surface area contributed by atoms with Crippen molar-refractivity contribution in [2.45, 2.75) is 58.5 Å². The van der Waals surface area contributed by atoms with Gasteiger partial charge in [0, 0.05) is 12.6 Å². The fraction of sp³-hybridized carbons (Fsp3) is 0.529. The molecule has 0 amide bonds. The molecule has 1 aliphatic carbocycles. The van der Waals surface area contributed by atoms with E-state index in [1.165, 1.54) is 43.2 Å². The van der Waals surface area contributed by atoms with Gasteiger partial charge in [-0.05, 0) is 42.4 Å². The van der Waals surface area contributed by atoms with Crippen LogP contribution in [-0.2, 0) is 6.54 Å². The molecule has 0 fully saturated rings. The normalized spacial score (nSPS) is 16.5. The molecule has 0 aromatic heterocycles. The van der Waals surface area contributed by atoms with E-state index in [0.717, 1.165) is 6.54 Å². The van der Waals surface area contributed by atoms with Gasteiger partial charge in [-0.25, -0.2) is 0 Å². The first-order valence-electron chi connectivity index (χ1n) is 7.27. The molecular formula is C17H25N. The third-order valence-electron chi connectivity index (χ3n) is 3.58. The van der Waals surface area contributed by atoms with Crippen LogP contribution in [0.1, 0.15) is 57.1 Å². The molecule has 0 bridgehead atoms. The average molecular weight is 243 g/mol. The summed E-state index contributed by atoms with van der Waals surface area (Å²) in [5.74, 6) is 0. The van der Waals surface area contributed by atoms with Crippen LogP contribution in [0.15, 0.2) is 30.3 Å². The number of hydrogen-bond acceptors (Lipinski definition) is 1. The Kier molecular flexibility index (Phi) is 5.00. The molecule has 1 heteroatoms. The van der Waals surface area contributed by atoms with E-state index in [1.54, 1.807) is 5.57 Å². The highest BCUT2D eigenvalue weighted by Crippen LogP contribution is 2.26. The zero-order valence-electron chi connectivity index (χ0n) is 11.7. The topological polar surface area (TPSA) is 12.0 Å². The van der Waals surface area contributed by atoms with Gasteiger partial charge >= 0.3 is 0 Å². The number of rotatable bonds is 4.